The van der Waals surface area contributed by atoms with Crippen LogP contribution in [0.2, 0.25) is 0 Å². The molecule has 1 aliphatic rings. The van der Waals surface area contributed by atoms with Crippen LogP contribution in [0.4, 0.5) is 34.9 Å². The van der Waals surface area contributed by atoms with E-state index in [-0.39, 0.29) is 16.8 Å². The molecule has 3 aromatic rings. The van der Waals surface area contributed by atoms with Crippen LogP contribution >= 0.6 is 0 Å². The molecule has 0 spiro atoms. The summed E-state index contributed by atoms with van der Waals surface area (Å²) in [5.41, 5.74) is 1.18. The van der Waals surface area contributed by atoms with Gasteiger partial charge >= 0.3 is 18.1 Å². The van der Waals surface area contributed by atoms with Crippen LogP contribution in [0.5, 0.6) is 0 Å². The quantitative estimate of drug-likeness (QED) is 0.405. The van der Waals surface area contributed by atoms with Crippen molar-refractivity contribution in [1.29, 1.82) is 0 Å². The molecule has 4 rings (SSSR count). The minimum Gasteiger partial charge on any atom is -0.478 e. The molecule has 1 aliphatic heterocycles. The maximum absolute atomic E-state index is 13.1. The largest absolute Gasteiger partial charge is 0.490 e. The van der Waals surface area contributed by atoms with Crippen LogP contribution < -0.4 is 15.1 Å². The number of alkyl halides is 3. The van der Waals surface area contributed by atoms with Crippen molar-refractivity contribution in [2.45, 2.75) is 12.6 Å². The average molecular weight is 549 g/mol. The zero-order valence-corrected chi connectivity index (χ0v) is 20.2. The second-order valence-corrected chi connectivity index (χ2v) is 8.18. The molecule has 10 nitrogen and oxygen atoms in total. The Morgan fingerprint density at radius 2 is 1.46 bits per heavy atom. The van der Waals surface area contributed by atoms with Gasteiger partial charge in [-0.3, -0.25) is 4.79 Å². The molecule has 3 N–H and O–H groups in total. The number of hydrogen-bond acceptors (Lipinski definition) is 7. The lowest BCUT2D eigenvalue weighted by atomic mass is 10.1. The molecule has 14 heteroatoms. The number of aliphatic carboxylic acids is 1. The first-order chi connectivity index (χ1) is 18.5. The second kappa shape index (κ2) is 12.7. The Bertz CT molecular complexity index is 1310. The number of carbonyl (C=O) groups excluding carboxylic acids is 1. The summed E-state index contributed by atoms with van der Waals surface area (Å²) in [5, 5.41) is 19.4. The minimum absolute atomic E-state index is 0.00884. The number of amides is 1. The fourth-order valence-corrected chi connectivity index (χ4v) is 3.64. The van der Waals surface area contributed by atoms with Crippen molar-refractivity contribution in [2.75, 3.05) is 41.3 Å². The predicted octanol–water partition coefficient (Wildman–Crippen LogP) is 3.92. The number of carboxylic acid groups (broad SMARTS) is 2. The molecule has 2 heterocycles. The van der Waals surface area contributed by atoms with E-state index in [0.29, 0.717) is 19.0 Å². The number of halogens is 4. The molecule has 0 unspecified atom stereocenters. The van der Waals surface area contributed by atoms with Crippen molar-refractivity contribution >= 4 is 35.2 Å². The molecule has 0 radical (unpaired) electrons. The minimum atomic E-state index is -5.08. The van der Waals surface area contributed by atoms with Gasteiger partial charge in [-0.05, 0) is 55.0 Å². The van der Waals surface area contributed by atoms with E-state index in [1.165, 1.54) is 24.3 Å². The van der Waals surface area contributed by atoms with Gasteiger partial charge in [0.05, 0.1) is 11.3 Å². The standard InChI is InChI=1S/C23H22FN5O3.C2HF3O2/c24-17-5-3-16(4-6-17)21(30)27-20-8-7-18(15-19(20)22(31)32)28-11-2-12-29(14-13-28)23-25-9-1-10-26-23;3-2(4,5)1(6)7/h1,3-10,15H,2,11-14H2,(H,27,30)(H,31,32);(H,6,7). The van der Waals surface area contributed by atoms with Crippen molar-refractivity contribution in [2.24, 2.45) is 0 Å². The van der Waals surface area contributed by atoms with E-state index in [9.17, 15) is 32.3 Å². The van der Waals surface area contributed by atoms with E-state index >= 15 is 0 Å². The van der Waals surface area contributed by atoms with Crippen LogP contribution in [-0.2, 0) is 4.79 Å². The van der Waals surface area contributed by atoms with Gasteiger partial charge in [0.15, 0.2) is 0 Å². The molecule has 1 aromatic heterocycles. The Hall–Kier alpha value is -4.75. The summed E-state index contributed by atoms with van der Waals surface area (Å²) in [6.07, 6.45) is -0.796. The summed E-state index contributed by atoms with van der Waals surface area (Å²) in [6, 6.07) is 11.8. The number of hydrogen-bond donors (Lipinski definition) is 3. The molecule has 0 saturated carbocycles. The zero-order valence-electron chi connectivity index (χ0n) is 20.2. The van der Waals surface area contributed by atoms with Gasteiger partial charge < -0.3 is 25.3 Å². The summed E-state index contributed by atoms with van der Waals surface area (Å²) < 4.78 is 44.8. The highest BCUT2D eigenvalue weighted by molar-refractivity contribution is 6.08. The molecule has 39 heavy (non-hydrogen) atoms. The topological polar surface area (TPSA) is 136 Å². The van der Waals surface area contributed by atoms with Crippen LogP contribution in [0, 0.1) is 5.82 Å². The van der Waals surface area contributed by atoms with E-state index in [2.05, 4.69) is 25.1 Å². The lowest BCUT2D eigenvalue weighted by molar-refractivity contribution is -0.192. The van der Waals surface area contributed by atoms with Gasteiger partial charge in [-0.2, -0.15) is 13.2 Å². The maximum atomic E-state index is 13.1. The van der Waals surface area contributed by atoms with Gasteiger partial charge in [-0.1, -0.05) is 0 Å². The van der Waals surface area contributed by atoms with Crippen LogP contribution in [0.1, 0.15) is 27.1 Å². The molecular weight excluding hydrogens is 526 g/mol. The molecule has 0 aliphatic carbocycles. The third kappa shape index (κ3) is 8.12. The van der Waals surface area contributed by atoms with Gasteiger partial charge in [0.25, 0.3) is 5.91 Å². The highest BCUT2D eigenvalue weighted by atomic mass is 19.4. The van der Waals surface area contributed by atoms with Crippen molar-refractivity contribution in [1.82, 2.24) is 9.97 Å². The molecule has 2 aromatic carbocycles. The molecule has 0 atom stereocenters. The van der Waals surface area contributed by atoms with E-state index in [1.807, 2.05) is 0 Å². The van der Waals surface area contributed by atoms with Crippen molar-refractivity contribution in [3.63, 3.8) is 0 Å². The van der Waals surface area contributed by atoms with E-state index in [1.54, 1.807) is 36.7 Å². The van der Waals surface area contributed by atoms with E-state index in [0.717, 1.165) is 25.2 Å². The Kier molecular flexibility index (Phi) is 9.36. The maximum Gasteiger partial charge on any atom is 0.490 e. The normalized spacial score (nSPS) is 13.5. The SMILES string of the molecule is O=C(Nc1ccc(N2CCCN(c3ncccn3)CC2)cc1C(=O)O)c1ccc(F)cc1.O=C(O)C(F)(F)F. The number of carbonyl (C=O) groups is 3. The highest BCUT2D eigenvalue weighted by Crippen LogP contribution is 2.26. The Morgan fingerprint density at radius 1 is 0.872 bits per heavy atom. The summed E-state index contributed by atoms with van der Waals surface area (Å²) in [5.74, 6) is -4.18. The fourth-order valence-electron chi connectivity index (χ4n) is 3.64. The van der Waals surface area contributed by atoms with E-state index in [4.69, 9.17) is 9.90 Å². The third-order valence-corrected chi connectivity index (χ3v) is 5.53. The predicted molar refractivity (Wildman–Crippen MR) is 133 cm³/mol. The lowest BCUT2D eigenvalue weighted by Crippen LogP contribution is -2.31. The Morgan fingerprint density at radius 3 is 2.05 bits per heavy atom. The second-order valence-electron chi connectivity index (χ2n) is 8.18. The highest BCUT2D eigenvalue weighted by Gasteiger charge is 2.38. The number of nitrogens with zero attached hydrogens (tertiary/aromatic N) is 4. The van der Waals surface area contributed by atoms with Gasteiger partial charge in [0.2, 0.25) is 5.95 Å². The first kappa shape index (κ1) is 28.8. The fraction of sp³-hybridized carbons (Fsp3) is 0.240. The zero-order chi connectivity index (χ0) is 28.6. The summed E-state index contributed by atoms with van der Waals surface area (Å²) in [4.78, 5) is 46.1. The molecule has 1 amide bonds. The van der Waals surface area contributed by atoms with Crippen molar-refractivity contribution in [3.05, 3.63) is 77.9 Å². The number of aromatic nitrogens is 2. The Balaban J connectivity index is 0.000000532. The van der Waals surface area contributed by atoms with Crippen molar-refractivity contribution < 1.29 is 42.2 Å². The van der Waals surface area contributed by atoms with Crippen molar-refractivity contribution in [3.8, 4) is 0 Å². The average Bonchev–Trinajstić information content (AvgIpc) is 3.16. The van der Waals surface area contributed by atoms with E-state index < -0.39 is 29.8 Å². The number of aromatic carboxylic acids is 1. The first-order valence-electron chi connectivity index (χ1n) is 11.5. The number of anilines is 3. The van der Waals surface area contributed by atoms with Gasteiger partial charge in [0, 0.05) is 49.8 Å². The van der Waals surface area contributed by atoms with Gasteiger partial charge in [0.1, 0.15) is 5.82 Å². The number of benzene rings is 2. The third-order valence-electron chi connectivity index (χ3n) is 5.53. The van der Waals surface area contributed by atoms with Crippen LogP contribution in [0.3, 0.4) is 0 Å². The van der Waals surface area contributed by atoms with Crippen LogP contribution in [0.15, 0.2) is 60.9 Å². The molecule has 1 fully saturated rings. The number of nitrogens with one attached hydrogen (secondary N) is 1. The Labute approximate surface area is 219 Å². The monoisotopic (exact) mass is 549 g/mol. The summed E-state index contributed by atoms with van der Waals surface area (Å²) >= 11 is 0. The summed E-state index contributed by atoms with van der Waals surface area (Å²) in [6.45, 7) is 2.94. The number of rotatable bonds is 5. The van der Waals surface area contributed by atoms with Crippen LogP contribution in [-0.4, -0.2) is 70.4 Å². The van der Waals surface area contributed by atoms with Gasteiger partial charge in [-0.25, -0.2) is 23.9 Å². The molecule has 0 bridgehead atoms. The summed E-state index contributed by atoms with van der Waals surface area (Å²) in [7, 11) is 0. The lowest BCUT2D eigenvalue weighted by Gasteiger charge is -2.24. The molecule has 1 saturated heterocycles. The molecular formula is C25H23F4N5O5. The molecule has 206 valence electrons. The smallest absolute Gasteiger partial charge is 0.478 e. The first-order valence-corrected chi connectivity index (χ1v) is 11.5. The van der Waals surface area contributed by atoms with Crippen LogP contribution in [0.25, 0.3) is 0 Å². The van der Waals surface area contributed by atoms with Gasteiger partial charge in [-0.15, -0.1) is 0 Å². The number of carboxylic acids is 2.